The molecule has 0 saturated carbocycles. The smallest absolute Gasteiger partial charge is 0.133 e. The molecule has 1 fully saturated rings. The minimum atomic E-state index is -1.88. The van der Waals surface area contributed by atoms with Crippen molar-refractivity contribution in [3.63, 3.8) is 0 Å². The zero-order chi connectivity index (χ0) is 9.35. The molecule has 5 heteroatoms. The van der Waals surface area contributed by atoms with Crippen LogP contribution in [0.15, 0.2) is 0 Å². The van der Waals surface area contributed by atoms with Gasteiger partial charge in [0, 0.05) is 6.61 Å². The van der Waals surface area contributed by atoms with Gasteiger partial charge in [-0.1, -0.05) is 0 Å². The number of hydrogen-bond acceptors (Lipinski definition) is 3. The predicted molar refractivity (Wildman–Crippen MR) is 41.8 cm³/mol. The van der Waals surface area contributed by atoms with Gasteiger partial charge in [0.2, 0.25) is 0 Å². The van der Waals surface area contributed by atoms with Crippen LogP contribution in [-0.4, -0.2) is 49.1 Å². The van der Waals surface area contributed by atoms with Crippen molar-refractivity contribution in [2.45, 2.75) is 30.6 Å². The Hall–Kier alpha value is -0.125. The Morgan fingerprint density at radius 3 is 2.83 bits per heavy atom. The third kappa shape index (κ3) is 1.49. The number of rotatable bonds is 1. The third-order valence-corrected chi connectivity index (χ3v) is 2.33. The van der Waals surface area contributed by atoms with Crippen LogP contribution in [0.3, 0.4) is 0 Å². The lowest BCUT2D eigenvalue weighted by molar-refractivity contribution is -0.161. The molecule has 0 aromatic heterocycles. The molecule has 1 saturated heterocycles. The van der Waals surface area contributed by atoms with Crippen LogP contribution in [0.25, 0.3) is 0 Å². The van der Waals surface area contributed by atoms with Crippen LogP contribution >= 0.6 is 0 Å². The van der Waals surface area contributed by atoms with Crippen LogP contribution < -0.4 is 0 Å². The standard InChI is InChI=1S/C7H12BFO3/c1-7(9)5(8)3-12-4(2-10)6(7)11/h4-6,10-11H,2-3H2,1H3/t4-,5-,6?,7+/m1/s1. The van der Waals surface area contributed by atoms with Crippen LogP contribution in [-0.2, 0) is 4.74 Å². The van der Waals surface area contributed by atoms with Gasteiger partial charge in [0.05, 0.1) is 14.5 Å². The van der Waals surface area contributed by atoms with Crippen molar-refractivity contribution < 1.29 is 19.3 Å². The van der Waals surface area contributed by atoms with E-state index in [0.29, 0.717) is 0 Å². The quantitative estimate of drug-likeness (QED) is 0.523. The molecule has 3 nitrogen and oxygen atoms in total. The zero-order valence-electron chi connectivity index (χ0n) is 6.90. The van der Waals surface area contributed by atoms with Crippen LogP contribution in [0.1, 0.15) is 6.92 Å². The molecule has 1 aliphatic heterocycles. The fraction of sp³-hybridized carbons (Fsp3) is 1.00. The summed E-state index contributed by atoms with van der Waals surface area (Å²) in [4.78, 5) is 0. The molecule has 0 aromatic rings. The SMILES string of the molecule is [B][C@@H]1CO[C@H](CO)C(O)[C@@]1(C)F. The van der Waals surface area contributed by atoms with E-state index in [1.807, 2.05) is 0 Å². The molecule has 0 spiro atoms. The molecular formula is C7H12BFO3. The van der Waals surface area contributed by atoms with Crippen molar-refractivity contribution in [1.82, 2.24) is 0 Å². The van der Waals surface area contributed by atoms with Crippen molar-refractivity contribution in [2.24, 2.45) is 0 Å². The fourth-order valence-corrected chi connectivity index (χ4v) is 1.22. The minimum absolute atomic E-state index is 0.0231. The summed E-state index contributed by atoms with van der Waals surface area (Å²) in [5.41, 5.74) is -1.88. The van der Waals surface area contributed by atoms with E-state index in [0.717, 1.165) is 0 Å². The van der Waals surface area contributed by atoms with Crippen LogP contribution in [0.5, 0.6) is 0 Å². The van der Waals surface area contributed by atoms with Gasteiger partial charge in [-0.2, -0.15) is 0 Å². The number of alkyl halides is 1. The predicted octanol–water partition coefficient (Wildman–Crippen LogP) is -0.576. The van der Waals surface area contributed by atoms with E-state index in [1.165, 1.54) is 6.92 Å². The maximum absolute atomic E-state index is 13.5. The second-order valence-electron chi connectivity index (χ2n) is 3.26. The highest BCUT2D eigenvalue weighted by molar-refractivity contribution is 6.12. The molecule has 4 atom stereocenters. The summed E-state index contributed by atoms with van der Waals surface area (Å²) >= 11 is 0. The van der Waals surface area contributed by atoms with Crippen molar-refractivity contribution in [2.75, 3.05) is 13.2 Å². The molecule has 68 valence electrons. The lowest BCUT2D eigenvalue weighted by Crippen LogP contribution is -2.54. The van der Waals surface area contributed by atoms with Gasteiger partial charge in [-0.05, 0) is 12.7 Å². The summed E-state index contributed by atoms with van der Waals surface area (Å²) in [7, 11) is 5.38. The zero-order valence-corrected chi connectivity index (χ0v) is 6.90. The molecule has 0 aromatic carbocycles. The first kappa shape index (κ1) is 9.96. The monoisotopic (exact) mass is 174 g/mol. The van der Waals surface area contributed by atoms with Crippen LogP contribution in [0, 0.1) is 0 Å². The number of aliphatic hydroxyl groups is 2. The molecule has 2 N–H and O–H groups in total. The van der Waals surface area contributed by atoms with Gasteiger partial charge in [-0.25, -0.2) is 4.39 Å². The topological polar surface area (TPSA) is 49.7 Å². The van der Waals surface area contributed by atoms with Crippen molar-refractivity contribution in [3.05, 3.63) is 0 Å². The normalized spacial score (nSPS) is 49.2. The van der Waals surface area contributed by atoms with Gasteiger partial charge in [0.15, 0.2) is 0 Å². The number of halogens is 1. The van der Waals surface area contributed by atoms with Crippen LogP contribution in [0.4, 0.5) is 4.39 Å². The van der Waals surface area contributed by atoms with Gasteiger partial charge >= 0.3 is 0 Å². The molecule has 0 amide bonds. The maximum Gasteiger partial charge on any atom is 0.133 e. The van der Waals surface area contributed by atoms with E-state index >= 15 is 0 Å². The van der Waals surface area contributed by atoms with Gasteiger partial charge in [0.25, 0.3) is 0 Å². The fourth-order valence-electron chi connectivity index (χ4n) is 1.22. The van der Waals surface area contributed by atoms with Gasteiger partial charge in [0.1, 0.15) is 17.9 Å². The summed E-state index contributed by atoms with van der Waals surface area (Å²) < 4.78 is 18.5. The number of aliphatic hydroxyl groups excluding tert-OH is 2. The second kappa shape index (κ2) is 3.32. The average Bonchev–Trinajstić information content (AvgIpc) is 2.02. The molecule has 0 bridgehead atoms. The summed E-state index contributed by atoms with van der Waals surface area (Å²) in [6, 6.07) is 0. The lowest BCUT2D eigenvalue weighted by atomic mass is 9.70. The Bertz CT molecular complexity index is 165. The average molecular weight is 174 g/mol. The highest BCUT2D eigenvalue weighted by Gasteiger charge is 2.46. The number of ether oxygens (including phenoxy) is 1. The highest BCUT2D eigenvalue weighted by Crippen LogP contribution is 2.35. The third-order valence-electron chi connectivity index (χ3n) is 2.33. The van der Waals surface area contributed by atoms with Gasteiger partial charge < -0.3 is 14.9 Å². The Morgan fingerprint density at radius 1 is 1.75 bits per heavy atom. The van der Waals surface area contributed by atoms with E-state index in [9.17, 15) is 9.50 Å². The minimum Gasteiger partial charge on any atom is -0.394 e. The maximum atomic E-state index is 13.5. The number of hydrogen-bond donors (Lipinski definition) is 2. The first-order valence-electron chi connectivity index (χ1n) is 3.85. The van der Waals surface area contributed by atoms with E-state index in [-0.39, 0.29) is 6.61 Å². The molecule has 2 radical (unpaired) electrons. The molecule has 12 heavy (non-hydrogen) atoms. The Balaban J connectivity index is 2.71. The highest BCUT2D eigenvalue weighted by atomic mass is 19.1. The summed E-state index contributed by atoms with van der Waals surface area (Å²) in [5, 5.41) is 18.0. The molecular weight excluding hydrogens is 162 g/mol. The van der Waals surface area contributed by atoms with Crippen LogP contribution in [0.2, 0.25) is 5.82 Å². The van der Waals surface area contributed by atoms with E-state index in [1.54, 1.807) is 0 Å². The van der Waals surface area contributed by atoms with E-state index in [4.69, 9.17) is 17.7 Å². The van der Waals surface area contributed by atoms with Crippen molar-refractivity contribution >= 4 is 7.85 Å². The van der Waals surface area contributed by atoms with Gasteiger partial charge in [-0.15, -0.1) is 0 Å². The Kier molecular flexibility index (Phi) is 2.75. The summed E-state index contributed by atoms with van der Waals surface area (Å²) in [6.07, 6.45) is -2.22. The lowest BCUT2D eigenvalue weighted by Gasteiger charge is -2.41. The molecule has 1 rings (SSSR count). The van der Waals surface area contributed by atoms with E-state index < -0.39 is 30.3 Å². The Morgan fingerprint density at radius 2 is 2.33 bits per heavy atom. The van der Waals surface area contributed by atoms with E-state index in [2.05, 4.69) is 0 Å². The summed E-state index contributed by atoms with van der Waals surface area (Å²) in [6.45, 7) is 0.843. The molecule has 1 heterocycles. The molecule has 1 aliphatic rings. The van der Waals surface area contributed by atoms with Crippen molar-refractivity contribution in [1.29, 1.82) is 0 Å². The summed E-state index contributed by atoms with van der Waals surface area (Å²) in [5.74, 6) is -0.838. The first-order chi connectivity index (χ1) is 5.50. The second-order valence-corrected chi connectivity index (χ2v) is 3.26. The molecule has 0 aliphatic carbocycles. The largest absolute Gasteiger partial charge is 0.394 e. The Labute approximate surface area is 71.9 Å². The first-order valence-corrected chi connectivity index (χ1v) is 3.85. The molecule has 1 unspecified atom stereocenters. The van der Waals surface area contributed by atoms with Crippen molar-refractivity contribution in [3.8, 4) is 0 Å². The van der Waals surface area contributed by atoms with Gasteiger partial charge in [-0.3, -0.25) is 0 Å².